The molecule has 0 fully saturated rings. The van der Waals surface area contributed by atoms with Gasteiger partial charge in [0.25, 0.3) is 0 Å². The molecule has 17 heavy (non-hydrogen) atoms. The van der Waals surface area contributed by atoms with E-state index in [0.717, 1.165) is 11.1 Å². The predicted octanol–water partition coefficient (Wildman–Crippen LogP) is 2.84. The van der Waals surface area contributed by atoms with E-state index in [4.69, 9.17) is 10.00 Å². The molecule has 3 heteroatoms. The van der Waals surface area contributed by atoms with Crippen LogP contribution in [0.5, 0.6) is 5.75 Å². The van der Waals surface area contributed by atoms with Crippen molar-refractivity contribution in [3.05, 3.63) is 59.4 Å². The molecular weight excluding hydrogens is 212 g/mol. The highest BCUT2D eigenvalue weighted by molar-refractivity contribution is 5.42. The van der Waals surface area contributed by atoms with E-state index >= 15 is 0 Å². The van der Waals surface area contributed by atoms with Gasteiger partial charge in [-0.15, -0.1) is 0 Å². The van der Waals surface area contributed by atoms with Crippen molar-refractivity contribution in [2.24, 2.45) is 0 Å². The van der Waals surface area contributed by atoms with Gasteiger partial charge in [-0.05, 0) is 24.1 Å². The molecule has 0 saturated heterocycles. The van der Waals surface area contributed by atoms with Gasteiger partial charge < -0.3 is 4.74 Å². The summed E-state index contributed by atoms with van der Waals surface area (Å²) < 4.78 is 5.66. The van der Waals surface area contributed by atoms with Gasteiger partial charge in [0.2, 0.25) is 0 Å². The maximum atomic E-state index is 8.95. The lowest BCUT2D eigenvalue weighted by Crippen LogP contribution is -2.00. The van der Waals surface area contributed by atoms with E-state index in [9.17, 15) is 0 Å². The van der Waals surface area contributed by atoms with E-state index in [0.29, 0.717) is 18.1 Å². The summed E-state index contributed by atoms with van der Waals surface area (Å²) in [5.74, 6) is 0.568. The number of hydrogen-bond acceptors (Lipinski definition) is 3. The quantitative estimate of drug-likeness (QED) is 0.805. The van der Waals surface area contributed by atoms with Crippen molar-refractivity contribution < 1.29 is 4.74 Å². The fourth-order valence-electron chi connectivity index (χ4n) is 1.54. The number of aryl methyl sites for hydroxylation is 1. The van der Waals surface area contributed by atoms with Gasteiger partial charge in [0.05, 0.1) is 0 Å². The van der Waals surface area contributed by atoms with Gasteiger partial charge in [0.1, 0.15) is 12.7 Å². The Balaban J connectivity index is 2.17. The summed E-state index contributed by atoms with van der Waals surface area (Å²) in [6.45, 7) is 2.35. The van der Waals surface area contributed by atoms with Gasteiger partial charge in [0, 0.05) is 6.20 Å². The summed E-state index contributed by atoms with van der Waals surface area (Å²) >= 11 is 0. The molecule has 84 valence electrons. The molecule has 0 amide bonds. The van der Waals surface area contributed by atoms with Crippen molar-refractivity contribution in [3.8, 4) is 11.8 Å². The molecule has 2 aromatic rings. The number of nitriles is 1. The van der Waals surface area contributed by atoms with E-state index in [1.54, 1.807) is 6.20 Å². The maximum Gasteiger partial charge on any atom is 0.182 e. The van der Waals surface area contributed by atoms with E-state index in [2.05, 4.69) is 4.98 Å². The Morgan fingerprint density at radius 3 is 2.71 bits per heavy atom. The van der Waals surface area contributed by atoms with E-state index < -0.39 is 0 Å². The van der Waals surface area contributed by atoms with E-state index in [1.165, 1.54) is 0 Å². The normalized spacial score (nSPS) is 9.65. The van der Waals surface area contributed by atoms with Crippen LogP contribution in [0.25, 0.3) is 0 Å². The molecule has 0 radical (unpaired) electrons. The largest absolute Gasteiger partial charge is 0.486 e. The third-order valence-electron chi connectivity index (χ3n) is 2.43. The first kappa shape index (κ1) is 11.2. The van der Waals surface area contributed by atoms with Crippen molar-refractivity contribution in [2.75, 3.05) is 0 Å². The van der Waals surface area contributed by atoms with Crippen LogP contribution in [-0.4, -0.2) is 4.98 Å². The monoisotopic (exact) mass is 224 g/mol. The van der Waals surface area contributed by atoms with Crippen molar-refractivity contribution >= 4 is 0 Å². The lowest BCUT2D eigenvalue weighted by Gasteiger charge is -2.09. The van der Waals surface area contributed by atoms with Gasteiger partial charge in [-0.25, -0.2) is 4.98 Å². The second-order valence-corrected chi connectivity index (χ2v) is 3.69. The molecular formula is C14H12N2O. The highest BCUT2D eigenvalue weighted by Crippen LogP contribution is 2.21. The summed E-state index contributed by atoms with van der Waals surface area (Å²) in [7, 11) is 0. The van der Waals surface area contributed by atoms with Crippen LogP contribution in [0.1, 0.15) is 16.8 Å². The van der Waals surface area contributed by atoms with Crippen LogP contribution in [0.15, 0.2) is 42.6 Å². The predicted molar refractivity (Wildman–Crippen MR) is 64.5 cm³/mol. The molecule has 0 aliphatic rings. The second-order valence-electron chi connectivity index (χ2n) is 3.69. The van der Waals surface area contributed by atoms with Crippen molar-refractivity contribution in [3.63, 3.8) is 0 Å². The zero-order valence-corrected chi connectivity index (χ0v) is 9.55. The van der Waals surface area contributed by atoms with Crippen LogP contribution < -0.4 is 4.74 Å². The summed E-state index contributed by atoms with van der Waals surface area (Å²) in [5, 5.41) is 8.95. The first-order chi connectivity index (χ1) is 8.31. The van der Waals surface area contributed by atoms with Gasteiger partial charge in [-0.1, -0.05) is 30.3 Å². The lowest BCUT2D eigenvalue weighted by molar-refractivity contribution is 0.302. The Morgan fingerprint density at radius 1 is 1.24 bits per heavy atom. The summed E-state index contributed by atoms with van der Waals surface area (Å²) in [6.07, 6.45) is 1.61. The molecule has 0 spiro atoms. The Labute approximate surface area is 100 Å². The summed E-state index contributed by atoms with van der Waals surface area (Å²) in [6, 6.07) is 13.7. The van der Waals surface area contributed by atoms with Crippen molar-refractivity contribution in [2.45, 2.75) is 13.5 Å². The molecule has 1 aromatic heterocycles. The number of pyridine rings is 1. The van der Waals surface area contributed by atoms with Crippen LogP contribution in [0.3, 0.4) is 0 Å². The lowest BCUT2D eigenvalue weighted by atomic mass is 10.2. The average molecular weight is 224 g/mol. The van der Waals surface area contributed by atoms with Crippen LogP contribution in [0, 0.1) is 18.3 Å². The third kappa shape index (κ3) is 2.61. The molecule has 0 atom stereocenters. The molecule has 1 aromatic carbocycles. The average Bonchev–Trinajstić information content (AvgIpc) is 2.38. The molecule has 1 heterocycles. The van der Waals surface area contributed by atoms with Crippen molar-refractivity contribution in [1.29, 1.82) is 5.26 Å². The minimum Gasteiger partial charge on any atom is -0.486 e. The summed E-state index contributed by atoms with van der Waals surface area (Å²) in [4.78, 5) is 3.98. The Kier molecular flexibility index (Phi) is 3.37. The Bertz CT molecular complexity index is 544. The number of ether oxygens (including phenoxy) is 1. The number of hydrogen-bond donors (Lipinski definition) is 0. The van der Waals surface area contributed by atoms with Gasteiger partial charge in [-0.2, -0.15) is 5.26 Å². The van der Waals surface area contributed by atoms with Gasteiger partial charge >= 0.3 is 0 Å². The van der Waals surface area contributed by atoms with E-state index in [1.807, 2.05) is 49.4 Å². The number of nitrogens with zero attached hydrogens (tertiary/aromatic N) is 2. The fraction of sp³-hybridized carbons (Fsp3) is 0.143. The van der Waals surface area contributed by atoms with Crippen LogP contribution in [0.4, 0.5) is 0 Å². The third-order valence-corrected chi connectivity index (χ3v) is 2.43. The number of aromatic nitrogens is 1. The highest BCUT2D eigenvalue weighted by Gasteiger charge is 2.07. The molecule has 0 aliphatic carbocycles. The molecule has 0 saturated carbocycles. The smallest absolute Gasteiger partial charge is 0.182 e. The first-order valence-corrected chi connectivity index (χ1v) is 5.33. The molecule has 0 N–H and O–H groups in total. The molecule has 2 rings (SSSR count). The highest BCUT2D eigenvalue weighted by atomic mass is 16.5. The molecule has 3 nitrogen and oxygen atoms in total. The zero-order valence-electron chi connectivity index (χ0n) is 9.55. The maximum absolute atomic E-state index is 8.95. The standard InChI is InChI=1S/C14H12N2O/c1-11-7-8-16-13(9-15)14(11)17-10-12-5-3-2-4-6-12/h2-8H,10H2,1H3. The van der Waals surface area contributed by atoms with Crippen LogP contribution in [0.2, 0.25) is 0 Å². The second kappa shape index (κ2) is 5.13. The summed E-state index contributed by atoms with van der Waals surface area (Å²) in [5.41, 5.74) is 2.33. The molecule has 0 unspecified atom stereocenters. The van der Waals surface area contributed by atoms with Gasteiger partial charge in [0.15, 0.2) is 11.4 Å². The first-order valence-electron chi connectivity index (χ1n) is 5.33. The molecule has 0 aliphatic heterocycles. The minimum absolute atomic E-state index is 0.334. The number of rotatable bonds is 3. The topological polar surface area (TPSA) is 45.9 Å². The Morgan fingerprint density at radius 2 is 2.00 bits per heavy atom. The minimum atomic E-state index is 0.334. The van der Waals surface area contributed by atoms with Crippen LogP contribution in [-0.2, 0) is 6.61 Å². The SMILES string of the molecule is Cc1ccnc(C#N)c1OCc1ccccc1. The van der Waals surface area contributed by atoms with Gasteiger partial charge in [-0.3, -0.25) is 0 Å². The van der Waals surface area contributed by atoms with Crippen LogP contribution >= 0.6 is 0 Å². The van der Waals surface area contributed by atoms with Crippen molar-refractivity contribution in [1.82, 2.24) is 4.98 Å². The molecule has 0 bridgehead atoms. The van der Waals surface area contributed by atoms with E-state index in [-0.39, 0.29) is 0 Å². The number of benzene rings is 1. The zero-order chi connectivity index (χ0) is 12.1. The fourth-order valence-corrected chi connectivity index (χ4v) is 1.54. The Hall–Kier alpha value is -2.34.